The maximum absolute atomic E-state index is 11.7. The van der Waals surface area contributed by atoms with E-state index in [2.05, 4.69) is 29.0 Å². The molecule has 0 fully saturated rings. The Bertz CT molecular complexity index is 1040. The number of thiophene rings is 1. The Morgan fingerprint density at radius 1 is 1.32 bits per heavy atom. The number of benzene rings is 1. The molecular weight excluding hydrogens is 448 g/mol. The number of hydrogen-bond acceptors (Lipinski definition) is 4. The molecule has 0 bridgehead atoms. The summed E-state index contributed by atoms with van der Waals surface area (Å²) in [6.45, 7) is 2.15. The van der Waals surface area contributed by atoms with Gasteiger partial charge in [0.1, 0.15) is 0 Å². The first kappa shape index (κ1) is 23.4. The molecule has 0 aliphatic carbocycles. The third-order valence-corrected chi connectivity index (χ3v) is 6.87. The van der Waals surface area contributed by atoms with E-state index in [1.165, 1.54) is 0 Å². The predicted octanol–water partition coefficient (Wildman–Crippen LogP) is 6.90. The van der Waals surface area contributed by atoms with Crippen LogP contribution in [0.5, 0.6) is 0 Å². The first-order chi connectivity index (χ1) is 15.0. The van der Waals surface area contributed by atoms with Crippen LogP contribution in [0.4, 0.5) is 0 Å². The van der Waals surface area contributed by atoms with Crippen molar-refractivity contribution in [2.24, 2.45) is 0 Å². The van der Waals surface area contributed by atoms with Crippen LogP contribution in [0.25, 0.3) is 6.08 Å². The molecule has 4 nitrogen and oxygen atoms in total. The minimum atomic E-state index is -0.920. The number of nitrogens with zero attached hydrogens (tertiary/aromatic N) is 1. The number of allylic oxidation sites excluding steroid dienone is 1. The largest absolute Gasteiger partial charge is 0.478 e. The fourth-order valence-corrected chi connectivity index (χ4v) is 4.98. The van der Waals surface area contributed by atoms with Gasteiger partial charge in [-0.25, -0.2) is 9.78 Å². The Hall–Kier alpha value is -2.28. The van der Waals surface area contributed by atoms with Gasteiger partial charge >= 0.3 is 5.97 Å². The summed E-state index contributed by atoms with van der Waals surface area (Å²) >= 11 is 9.53. The molecular formula is C24H25ClN2O2S2. The molecule has 0 aliphatic heterocycles. The van der Waals surface area contributed by atoms with E-state index in [4.69, 9.17) is 11.6 Å². The quantitative estimate of drug-likeness (QED) is 0.181. The molecule has 0 spiro atoms. The van der Waals surface area contributed by atoms with Gasteiger partial charge in [-0.05, 0) is 42.0 Å². The van der Waals surface area contributed by atoms with E-state index in [1.807, 2.05) is 41.8 Å². The zero-order valence-corrected chi connectivity index (χ0v) is 19.6. The number of carbonyl (C=O) groups is 1. The smallest absolute Gasteiger partial charge is 0.332 e. The minimum Gasteiger partial charge on any atom is -0.478 e. The number of aliphatic carboxylic acids is 1. The molecule has 0 amide bonds. The van der Waals surface area contributed by atoms with Crippen molar-refractivity contribution < 1.29 is 9.90 Å². The van der Waals surface area contributed by atoms with E-state index in [1.54, 1.807) is 35.4 Å². The van der Waals surface area contributed by atoms with Crippen molar-refractivity contribution >= 4 is 46.7 Å². The second-order valence-electron chi connectivity index (χ2n) is 7.04. The first-order valence-electron chi connectivity index (χ1n) is 10.1. The summed E-state index contributed by atoms with van der Waals surface area (Å²) in [5, 5.41) is 13.2. The Balaban J connectivity index is 1.74. The molecule has 162 valence electrons. The van der Waals surface area contributed by atoms with Crippen LogP contribution in [0.3, 0.4) is 0 Å². The van der Waals surface area contributed by atoms with Gasteiger partial charge in [0.25, 0.3) is 0 Å². The van der Waals surface area contributed by atoms with Crippen LogP contribution in [-0.4, -0.2) is 26.3 Å². The average molecular weight is 473 g/mol. The maximum atomic E-state index is 11.7. The van der Waals surface area contributed by atoms with E-state index < -0.39 is 5.97 Å². The number of aromatic amines is 1. The Morgan fingerprint density at radius 3 is 2.87 bits per heavy atom. The van der Waals surface area contributed by atoms with Crippen LogP contribution in [0, 0.1) is 0 Å². The maximum Gasteiger partial charge on any atom is 0.332 e. The molecule has 2 heterocycles. The number of carboxylic acids is 1. The highest BCUT2D eigenvalue weighted by Gasteiger charge is 2.14. The van der Waals surface area contributed by atoms with E-state index >= 15 is 0 Å². The van der Waals surface area contributed by atoms with Gasteiger partial charge in [0.2, 0.25) is 0 Å². The van der Waals surface area contributed by atoms with Gasteiger partial charge in [0.15, 0.2) is 5.16 Å². The second-order valence-corrected chi connectivity index (χ2v) is 9.71. The van der Waals surface area contributed by atoms with Gasteiger partial charge in [-0.1, -0.05) is 73.1 Å². The third-order valence-electron chi connectivity index (χ3n) is 4.57. The van der Waals surface area contributed by atoms with Crippen molar-refractivity contribution in [2.45, 2.75) is 43.0 Å². The number of H-pyrrole nitrogens is 1. The number of unbranched alkanes of at least 4 members (excludes halogenated alkanes) is 1. The highest BCUT2D eigenvalue weighted by molar-refractivity contribution is 7.99. The third kappa shape index (κ3) is 7.42. The second kappa shape index (κ2) is 11.9. The summed E-state index contributed by atoms with van der Waals surface area (Å²) < 4.78 is 0. The van der Waals surface area contributed by atoms with Gasteiger partial charge in [0.05, 0.1) is 11.9 Å². The van der Waals surface area contributed by atoms with Gasteiger partial charge in [-0.3, -0.25) is 0 Å². The molecule has 3 rings (SSSR count). The van der Waals surface area contributed by atoms with E-state index in [9.17, 15) is 9.90 Å². The van der Waals surface area contributed by atoms with Crippen LogP contribution >= 0.6 is 34.7 Å². The van der Waals surface area contributed by atoms with Crippen LogP contribution in [0.1, 0.15) is 35.9 Å². The molecule has 2 N–H and O–H groups in total. The predicted molar refractivity (Wildman–Crippen MR) is 131 cm³/mol. The first-order valence-corrected chi connectivity index (χ1v) is 12.3. The molecule has 1 aromatic carbocycles. The summed E-state index contributed by atoms with van der Waals surface area (Å²) in [6, 6.07) is 11.7. The van der Waals surface area contributed by atoms with Crippen molar-refractivity contribution in [3.63, 3.8) is 0 Å². The number of aromatic nitrogens is 2. The molecule has 0 radical (unpaired) electrons. The van der Waals surface area contributed by atoms with Crippen molar-refractivity contribution in [1.29, 1.82) is 0 Å². The number of thioether (sulfide) groups is 1. The molecule has 7 heteroatoms. The van der Waals surface area contributed by atoms with E-state index in [0.29, 0.717) is 17.7 Å². The number of carboxylic acid groups (broad SMARTS) is 1. The lowest BCUT2D eigenvalue weighted by Crippen LogP contribution is -2.05. The normalized spacial score (nSPS) is 13.0. The van der Waals surface area contributed by atoms with Gasteiger partial charge in [-0.2, -0.15) is 0 Å². The lowest BCUT2D eigenvalue weighted by molar-refractivity contribution is -0.132. The number of rotatable bonds is 11. The van der Waals surface area contributed by atoms with Crippen molar-refractivity contribution in [1.82, 2.24) is 9.97 Å². The molecule has 31 heavy (non-hydrogen) atoms. The molecule has 2 aromatic heterocycles. The molecule has 1 atom stereocenters. The van der Waals surface area contributed by atoms with Gasteiger partial charge < -0.3 is 10.1 Å². The average Bonchev–Trinajstić information content (AvgIpc) is 3.41. The van der Waals surface area contributed by atoms with Gasteiger partial charge in [-0.15, -0.1) is 11.3 Å². The minimum absolute atomic E-state index is 0.166. The Kier molecular flexibility index (Phi) is 9.00. The monoisotopic (exact) mass is 472 g/mol. The van der Waals surface area contributed by atoms with Crippen molar-refractivity contribution in [3.05, 3.63) is 86.9 Å². The Labute approximate surface area is 196 Å². The number of hydrogen-bond donors (Lipinski definition) is 2. The highest BCUT2D eigenvalue weighted by atomic mass is 35.5. The fourth-order valence-electron chi connectivity index (χ4n) is 3.01. The zero-order valence-electron chi connectivity index (χ0n) is 17.3. The summed E-state index contributed by atoms with van der Waals surface area (Å²) in [5.74, 6) is -0.920. The summed E-state index contributed by atoms with van der Waals surface area (Å²) in [7, 11) is 0. The van der Waals surface area contributed by atoms with Gasteiger partial charge in [0, 0.05) is 27.1 Å². The van der Waals surface area contributed by atoms with Crippen LogP contribution < -0.4 is 0 Å². The zero-order chi connectivity index (χ0) is 22.1. The summed E-state index contributed by atoms with van der Waals surface area (Å²) in [6.07, 6.45) is 11.0. The number of nitrogens with one attached hydrogen (secondary N) is 1. The molecule has 0 saturated carbocycles. The van der Waals surface area contributed by atoms with Crippen molar-refractivity contribution in [2.75, 3.05) is 0 Å². The molecule has 3 aromatic rings. The standard InChI is InChI=1S/C24H25ClN2O2S2/c1-2-3-4-9-21(14-17-8-5-6-11-22(17)25)31-24-26-16-19(27-24)13-18(23(28)29)15-20-10-7-12-30-20/h4-13,16,21H,2-3,14-15H2,1H3,(H,26,27)(H,28,29)/b9-4?,18-13+. The SMILES string of the molecule is CCCC=CC(Cc1ccccc1Cl)Sc1ncc(/C=C(\Cc2cccs2)C(=O)O)[nH]1. The topological polar surface area (TPSA) is 66.0 Å². The molecule has 0 saturated heterocycles. The van der Waals surface area contributed by atoms with E-state index in [-0.39, 0.29) is 5.25 Å². The van der Waals surface area contributed by atoms with E-state index in [0.717, 1.165) is 39.9 Å². The fraction of sp³-hybridized carbons (Fsp3) is 0.250. The lowest BCUT2D eigenvalue weighted by atomic mass is 10.1. The number of halogens is 1. The Morgan fingerprint density at radius 2 is 2.16 bits per heavy atom. The summed E-state index contributed by atoms with van der Waals surface area (Å²) in [5.41, 5.74) is 2.11. The van der Waals surface area contributed by atoms with Crippen LogP contribution in [0.15, 0.2) is 70.9 Å². The van der Waals surface area contributed by atoms with Crippen molar-refractivity contribution in [3.8, 4) is 0 Å². The molecule has 1 unspecified atom stereocenters. The lowest BCUT2D eigenvalue weighted by Gasteiger charge is -2.12. The molecule has 0 aliphatic rings. The summed E-state index contributed by atoms with van der Waals surface area (Å²) in [4.78, 5) is 20.4. The van der Waals surface area contributed by atoms with Crippen LogP contribution in [-0.2, 0) is 17.6 Å². The number of imidazole rings is 1. The highest BCUT2D eigenvalue weighted by Crippen LogP contribution is 2.28. The van der Waals surface area contributed by atoms with Crippen LogP contribution in [0.2, 0.25) is 5.02 Å².